The Morgan fingerprint density at radius 2 is 2.00 bits per heavy atom. The van der Waals surface area contributed by atoms with Crippen molar-refractivity contribution in [3.05, 3.63) is 35.4 Å². The summed E-state index contributed by atoms with van der Waals surface area (Å²) in [4.78, 5) is 0. The second kappa shape index (κ2) is 5.71. The van der Waals surface area contributed by atoms with E-state index in [4.69, 9.17) is 0 Å². The third-order valence-corrected chi connectivity index (χ3v) is 6.82. The number of hydrogen-bond donors (Lipinski definition) is 0. The molecule has 0 spiro atoms. The van der Waals surface area contributed by atoms with Gasteiger partial charge in [0.15, 0.2) is 0 Å². The minimum absolute atomic E-state index is 0.0107. The zero-order valence-electron chi connectivity index (χ0n) is 12.8. The predicted molar refractivity (Wildman–Crippen MR) is 84.2 cm³/mol. The van der Waals surface area contributed by atoms with Crippen LogP contribution in [0.1, 0.15) is 43.4 Å². The molecular weight excluding hydrogens is 284 g/mol. The van der Waals surface area contributed by atoms with E-state index in [2.05, 4.69) is 19.1 Å². The zero-order chi connectivity index (χ0) is 15.0. The highest BCUT2D eigenvalue weighted by atomic mass is 32.2. The van der Waals surface area contributed by atoms with Crippen molar-refractivity contribution in [1.29, 1.82) is 0 Å². The monoisotopic (exact) mass is 308 g/mol. The lowest BCUT2D eigenvalue weighted by atomic mass is 10.0. The summed E-state index contributed by atoms with van der Waals surface area (Å²) in [6, 6.07) is 8.20. The summed E-state index contributed by atoms with van der Waals surface area (Å²) in [5.41, 5.74) is 2.46. The Morgan fingerprint density at radius 3 is 2.76 bits per heavy atom. The van der Waals surface area contributed by atoms with Gasteiger partial charge in [0, 0.05) is 20.1 Å². The lowest BCUT2D eigenvalue weighted by Crippen LogP contribution is -2.47. The van der Waals surface area contributed by atoms with Gasteiger partial charge >= 0.3 is 0 Å². The maximum atomic E-state index is 12.9. The molecule has 4 nitrogen and oxygen atoms in total. The minimum Gasteiger partial charge on any atom is -0.195 e. The van der Waals surface area contributed by atoms with Gasteiger partial charge in [0.05, 0.1) is 6.04 Å². The van der Waals surface area contributed by atoms with Crippen molar-refractivity contribution in [2.24, 2.45) is 5.92 Å². The van der Waals surface area contributed by atoms with Crippen LogP contribution in [0.15, 0.2) is 24.3 Å². The first-order chi connectivity index (χ1) is 10.00. The van der Waals surface area contributed by atoms with Gasteiger partial charge < -0.3 is 0 Å². The lowest BCUT2D eigenvalue weighted by Gasteiger charge is -2.35. The smallest absolute Gasteiger partial charge is 0.195 e. The molecule has 3 rings (SSSR count). The highest BCUT2D eigenvalue weighted by molar-refractivity contribution is 7.86. The molecule has 0 unspecified atom stereocenters. The number of benzene rings is 1. The first-order valence-electron chi connectivity index (χ1n) is 7.81. The number of fused-ring (bicyclic) bond motifs is 1. The summed E-state index contributed by atoms with van der Waals surface area (Å²) in [6.45, 7) is 3.44. The summed E-state index contributed by atoms with van der Waals surface area (Å²) in [7, 11) is -1.62. The molecule has 1 aliphatic carbocycles. The molecule has 1 aliphatic heterocycles. The van der Waals surface area contributed by atoms with E-state index in [1.807, 2.05) is 12.1 Å². The molecule has 0 radical (unpaired) electrons. The minimum atomic E-state index is -3.35. The van der Waals surface area contributed by atoms with E-state index >= 15 is 0 Å². The maximum Gasteiger partial charge on any atom is 0.282 e. The zero-order valence-corrected chi connectivity index (χ0v) is 13.6. The third-order valence-electron chi connectivity index (χ3n) is 4.85. The highest BCUT2D eigenvalue weighted by Crippen LogP contribution is 2.37. The molecular formula is C16H24N2O2S. The van der Waals surface area contributed by atoms with Crippen LogP contribution in [0.3, 0.4) is 0 Å². The van der Waals surface area contributed by atoms with E-state index in [0.717, 1.165) is 25.7 Å². The molecule has 21 heavy (non-hydrogen) atoms. The van der Waals surface area contributed by atoms with E-state index < -0.39 is 10.2 Å². The first kappa shape index (κ1) is 15.0. The van der Waals surface area contributed by atoms with E-state index in [1.54, 1.807) is 15.7 Å². The molecule has 1 heterocycles. The van der Waals surface area contributed by atoms with Gasteiger partial charge in [0.2, 0.25) is 0 Å². The van der Waals surface area contributed by atoms with Crippen LogP contribution in [0.4, 0.5) is 0 Å². The maximum absolute atomic E-state index is 12.9. The summed E-state index contributed by atoms with van der Waals surface area (Å²) < 4.78 is 29.0. The molecule has 2 aliphatic rings. The van der Waals surface area contributed by atoms with Crippen molar-refractivity contribution >= 4 is 10.2 Å². The molecule has 0 amide bonds. The van der Waals surface area contributed by atoms with Crippen molar-refractivity contribution in [2.45, 2.75) is 38.6 Å². The molecule has 1 aromatic rings. The van der Waals surface area contributed by atoms with Crippen molar-refractivity contribution < 1.29 is 8.42 Å². The normalized spacial score (nSPS) is 27.0. The van der Waals surface area contributed by atoms with E-state index in [0.29, 0.717) is 19.0 Å². The predicted octanol–water partition coefficient (Wildman–Crippen LogP) is 2.58. The van der Waals surface area contributed by atoms with E-state index in [9.17, 15) is 8.42 Å². The quantitative estimate of drug-likeness (QED) is 0.861. The van der Waals surface area contributed by atoms with Gasteiger partial charge in [0.1, 0.15) is 0 Å². The second-order valence-electron chi connectivity index (χ2n) is 6.38. The van der Waals surface area contributed by atoms with Gasteiger partial charge in [-0.2, -0.15) is 17.0 Å². The largest absolute Gasteiger partial charge is 0.282 e. The van der Waals surface area contributed by atoms with Crippen molar-refractivity contribution in [3.8, 4) is 0 Å². The van der Waals surface area contributed by atoms with Gasteiger partial charge in [-0.15, -0.1) is 0 Å². The third kappa shape index (κ3) is 2.74. The Kier molecular flexibility index (Phi) is 4.08. The van der Waals surface area contributed by atoms with Crippen molar-refractivity contribution in [2.75, 3.05) is 20.1 Å². The molecule has 1 saturated heterocycles. The van der Waals surface area contributed by atoms with Gasteiger partial charge in [-0.25, -0.2) is 0 Å². The standard InChI is InChI=1S/C16H24N2O2S/c1-13-6-5-11-18(12-13)21(19,20)17(2)16-10-9-14-7-3-4-8-15(14)16/h3-4,7-8,13,16H,5-6,9-12H2,1-2H3/t13-,16-/m0/s1. The molecule has 0 saturated carbocycles. The topological polar surface area (TPSA) is 40.6 Å². The SMILES string of the molecule is C[C@H]1CCCN(S(=O)(=O)N(C)[C@H]2CCc3ccccc32)C1. The number of nitrogens with zero attached hydrogens (tertiary/aromatic N) is 2. The lowest BCUT2D eigenvalue weighted by molar-refractivity contribution is 0.251. The Morgan fingerprint density at radius 1 is 1.24 bits per heavy atom. The number of rotatable bonds is 3. The second-order valence-corrected chi connectivity index (χ2v) is 8.37. The average Bonchev–Trinajstić information content (AvgIpc) is 2.90. The molecule has 0 bridgehead atoms. The fraction of sp³-hybridized carbons (Fsp3) is 0.625. The molecule has 1 fully saturated rings. The van der Waals surface area contributed by atoms with Crippen LogP contribution in [0.5, 0.6) is 0 Å². The molecule has 116 valence electrons. The molecule has 5 heteroatoms. The van der Waals surface area contributed by atoms with E-state index in [-0.39, 0.29) is 6.04 Å². The highest BCUT2D eigenvalue weighted by Gasteiger charge is 2.37. The Balaban J connectivity index is 1.83. The molecule has 1 aromatic carbocycles. The van der Waals surface area contributed by atoms with Crippen LogP contribution in [-0.2, 0) is 16.6 Å². The van der Waals surface area contributed by atoms with E-state index in [1.165, 1.54) is 11.1 Å². The van der Waals surface area contributed by atoms with Gasteiger partial charge in [-0.05, 0) is 42.7 Å². The summed E-state index contributed by atoms with van der Waals surface area (Å²) >= 11 is 0. The van der Waals surface area contributed by atoms with Crippen LogP contribution < -0.4 is 0 Å². The van der Waals surface area contributed by atoms with Gasteiger partial charge in [-0.1, -0.05) is 31.2 Å². The fourth-order valence-electron chi connectivity index (χ4n) is 3.61. The summed E-state index contributed by atoms with van der Waals surface area (Å²) in [6.07, 6.45) is 3.95. The van der Waals surface area contributed by atoms with Gasteiger partial charge in [0.25, 0.3) is 10.2 Å². The van der Waals surface area contributed by atoms with Gasteiger partial charge in [-0.3, -0.25) is 0 Å². The Hall–Kier alpha value is -0.910. The summed E-state index contributed by atoms with van der Waals surface area (Å²) in [5.74, 6) is 0.456. The van der Waals surface area contributed by atoms with Crippen molar-refractivity contribution in [1.82, 2.24) is 8.61 Å². The molecule has 2 atom stereocenters. The number of aryl methyl sites for hydroxylation is 1. The first-order valence-corrected chi connectivity index (χ1v) is 9.20. The number of piperidine rings is 1. The van der Waals surface area contributed by atoms with Crippen LogP contribution in [0.25, 0.3) is 0 Å². The Labute approximate surface area is 127 Å². The average molecular weight is 308 g/mol. The van der Waals surface area contributed by atoms with Crippen molar-refractivity contribution in [3.63, 3.8) is 0 Å². The molecule has 0 N–H and O–H groups in total. The van der Waals surface area contributed by atoms with Crippen LogP contribution in [0, 0.1) is 5.92 Å². The fourth-order valence-corrected chi connectivity index (χ4v) is 5.32. The van der Waals surface area contributed by atoms with Crippen LogP contribution in [-0.4, -0.2) is 37.2 Å². The van der Waals surface area contributed by atoms with Crippen LogP contribution in [0.2, 0.25) is 0 Å². The molecule has 0 aromatic heterocycles. The van der Waals surface area contributed by atoms with Crippen LogP contribution >= 0.6 is 0 Å². The number of hydrogen-bond acceptors (Lipinski definition) is 2. The summed E-state index contributed by atoms with van der Waals surface area (Å²) in [5, 5.41) is 0. The Bertz CT molecular complexity index is 614.